The third kappa shape index (κ3) is 6.52. The minimum atomic E-state index is -0.510. The van der Waals surface area contributed by atoms with Gasteiger partial charge in [0.1, 0.15) is 18.5 Å². The van der Waals surface area contributed by atoms with Crippen LogP contribution in [-0.4, -0.2) is 36.2 Å². The molecule has 0 bridgehead atoms. The molecule has 0 aliphatic heterocycles. The average Bonchev–Trinajstić information content (AvgIpc) is 2.58. The van der Waals surface area contributed by atoms with E-state index >= 15 is 0 Å². The highest BCUT2D eigenvalue weighted by Crippen LogP contribution is 2.17. The number of nitrogens with one attached hydrogen (secondary N) is 1. The first kappa shape index (κ1) is 16.9. The van der Waals surface area contributed by atoms with Crippen molar-refractivity contribution in [2.45, 2.75) is 24.0 Å². The Kier molecular flexibility index (Phi) is 7.30. The minimum Gasteiger partial charge on any atom is -0.491 e. The van der Waals surface area contributed by atoms with Gasteiger partial charge in [-0.3, -0.25) is 0 Å². The van der Waals surface area contributed by atoms with Gasteiger partial charge in [0, 0.05) is 23.2 Å². The zero-order chi connectivity index (χ0) is 15.6. The number of hydrogen-bond acceptors (Lipinski definition) is 4. The quantitative estimate of drug-likeness (QED) is 0.697. The molecule has 0 saturated heterocycles. The number of aliphatic hydroxyl groups is 1. The summed E-state index contributed by atoms with van der Waals surface area (Å²) in [6.45, 7) is 2.96. The first-order valence-corrected chi connectivity index (χ1v) is 8.50. The molecule has 2 N–H and O–H groups in total. The molecule has 2 aromatic rings. The third-order valence-electron chi connectivity index (χ3n) is 3.13. The van der Waals surface area contributed by atoms with Crippen molar-refractivity contribution in [1.82, 2.24) is 5.32 Å². The highest BCUT2D eigenvalue weighted by molar-refractivity contribution is 7.99. The summed E-state index contributed by atoms with van der Waals surface area (Å²) in [7, 11) is 0. The molecule has 2 unspecified atom stereocenters. The number of aliphatic hydroxyl groups excluding tert-OH is 1. The normalized spacial score (nSPS) is 13.5. The molecule has 0 aliphatic rings. The molecule has 3 nitrogen and oxygen atoms in total. The Morgan fingerprint density at radius 3 is 2.36 bits per heavy atom. The molecule has 0 fully saturated rings. The van der Waals surface area contributed by atoms with Crippen molar-refractivity contribution in [3.8, 4) is 5.75 Å². The summed E-state index contributed by atoms with van der Waals surface area (Å²) in [5, 5.41) is 13.3. The van der Waals surface area contributed by atoms with E-state index in [4.69, 9.17) is 4.74 Å². The third-order valence-corrected chi connectivity index (χ3v) is 4.40. The van der Waals surface area contributed by atoms with Gasteiger partial charge in [0.25, 0.3) is 0 Å². The Balaban J connectivity index is 1.60. The van der Waals surface area contributed by atoms with E-state index in [1.54, 1.807) is 0 Å². The summed E-state index contributed by atoms with van der Waals surface area (Å²) < 4.78 is 5.53. The van der Waals surface area contributed by atoms with Gasteiger partial charge in [0.2, 0.25) is 0 Å². The van der Waals surface area contributed by atoms with E-state index in [-0.39, 0.29) is 0 Å². The van der Waals surface area contributed by atoms with E-state index in [1.165, 1.54) is 4.90 Å². The number of ether oxygens (including phenoxy) is 1. The summed E-state index contributed by atoms with van der Waals surface area (Å²) >= 11 is 1.82. The minimum absolute atomic E-state index is 0.301. The Morgan fingerprint density at radius 1 is 1.05 bits per heavy atom. The Bertz CT molecular complexity index is 472. The van der Waals surface area contributed by atoms with Gasteiger partial charge in [0.15, 0.2) is 0 Å². The summed E-state index contributed by atoms with van der Waals surface area (Å²) in [6.07, 6.45) is -0.510. The average molecular weight is 317 g/mol. The van der Waals surface area contributed by atoms with E-state index in [0.29, 0.717) is 19.2 Å². The standard InChI is InChI=1S/C18H23NO2S/c1-15(14-22-18-10-6-3-7-11-18)19-12-16(20)13-21-17-8-4-2-5-9-17/h2-11,15-16,19-20H,12-14H2,1H3. The van der Waals surface area contributed by atoms with Crippen LogP contribution in [0.4, 0.5) is 0 Å². The maximum absolute atomic E-state index is 9.95. The first-order valence-electron chi connectivity index (χ1n) is 7.51. The van der Waals surface area contributed by atoms with Crippen LogP contribution in [0.15, 0.2) is 65.6 Å². The van der Waals surface area contributed by atoms with Crippen LogP contribution in [0.25, 0.3) is 0 Å². The van der Waals surface area contributed by atoms with Crippen LogP contribution in [0.2, 0.25) is 0 Å². The van der Waals surface area contributed by atoms with E-state index < -0.39 is 6.10 Å². The van der Waals surface area contributed by atoms with Crippen molar-refractivity contribution in [1.29, 1.82) is 0 Å². The maximum Gasteiger partial charge on any atom is 0.119 e. The Morgan fingerprint density at radius 2 is 1.68 bits per heavy atom. The first-order chi connectivity index (χ1) is 10.7. The van der Waals surface area contributed by atoms with Gasteiger partial charge >= 0.3 is 0 Å². The number of rotatable bonds is 9. The summed E-state index contributed by atoms with van der Waals surface area (Å²) in [4.78, 5) is 1.27. The lowest BCUT2D eigenvalue weighted by Crippen LogP contribution is -2.37. The lowest BCUT2D eigenvalue weighted by atomic mass is 10.3. The van der Waals surface area contributed by atoms with E-state index in [9.17, 15) is 5.11 Å². The predicted octanol–water partition coefficient (Wildman–Crippen LogP) is 3.20. The second-order valence-electron chi connectivity index (χ2n) is 5.21. The van der Waals surface area contributed by atoms with Crippen LogP contribution in [0.3, 0.4) is 0 Å². The maximum atomic E-state index is 9.95. The van der Waals surface area contributed by atoms with Crippen molar-refractivity contribution in [2.24, 2.45) is 0 Å². The highest BCUT2D eigenvalue weighted by Gasteiger charge is 2.08. The van der Waals surface area contributed by atoms with Crippen molar-refractivity contribution in [3.05, 3.63) is 60.7 Å². The predicted molar refractivity (Wildman–Crippen MR) is 92.6 cm³/mol. The zero-order valence-corrected chi connectivity index (χ0v) is 13.6. The molecular formula is C18H23NO2S. The SMILES string of the molecule is CC(CSc1ccccc1)NCC(O)COc1ccccc1. The fraction of sp³-hybridized carbons (Fsp3) is 0.333. The smallest absolute Gasteiger partial charge is 0.119 e. The molecule has 118 valence electrons. The van der Waals surface area contributed by atoms with Gasteiger partial charge in [-0.05, 0) is 31.2 Å². The summed E-state index contributed by atoms with van der Waals surface area (Å²) in [5.74, 6) is 1.75. The number of benzene rings is 2. The number of hydrogen-bond donors (Lipinski definition) is 2. The molecule has 2 atom stereocenters. The van der Waals surface area contributed by atoms with Gasteiger partial charge in [-0.15, -0.1) is 11.8 Å². The van der Waals surface area contributed by atoms with Gasteiger partial charge in [-0.1, -0.05) is 36.4 Å². The molecule has 0 heterocycles. The molecular weight excluding hydrogens is 294 g/mol. The lowest BCUT2D eigenvalue weighted by molar-refractivity contribution is 0.105. The van der Waals surface area contributed by atoms with Crippen molar-refractivity contribution < 1.29 is 9.84 Å². The van der Waals surface area contributed by atoms with Gasteiger partial charge in [0.05, 0.1) is 0 Å². The molecule has 0 aliphatic carbocycles. The largest absolute Gasteiger partial charge is 0.491 e. The fourth-order valence-electron chi connectivity index (χ4n) is 1.90. The molecule has 2 aromatic carbocycles. The molecule has 0 aromatic heterocycles. The Hall–Kier alpha value is -1.49. The number of thioether (sulfide) groups is 1. The number of para-hydroxylation sites is 1. The fourth-order valence-corrected chi connectivity index (χ4v) is 2.81. The van der Waals surface area contributed by atoms with Crippen molar-refractivity contribution >= 4 is 11.8 Å². The summed E-state index contributed by atoms with van der Waals surface area (Å²) in [6, 6.07) is 20.2. The van der Waals surface area contributed by atoms with Crippen LogP contribution in [0.5, 0.6) is 5.75 Å². The van der Waals surface area contributed by atoms with Crippen LogP contribution in [0, 0.1) is 0 Å². The second kappa shape index (κ2) is 9.51. The topological polar surface area (TPSA) is 41.5 Å². The van der Waals surface area contributed by atoms with Gasteiger partial charge in [-0.25, -0.2) is 0 Å². The van der Waals surface area contributed by atoms with Gasteiger partial charge < -0.3 is 15.2 Å². The van der Waals surface area contributed by atoms with E-state index in [2.05, 4.69) is 24.4 Å². The van der Waals surface area contributed by atoms with Crippen molar-refractivity contribution in [3.63, 3.8) is 0 Å². The molecule has 0 saturated carbocycles. The van der Waals surface area contributed by atoms with Crippen LogP contribution in [-0.2, 0) is 0 Å². The molecule has 0 radical (unpaired) electrons. The van der Waals surface area contributed by atoms with E-state index in [1.807, 2.05) is 60.3 Å². The monoisotopic (exact) mass is 317 g/mol. The van der Waals surface area contributed by atoms with Gasteiger partial charge in [-0.2, -0.15) is 0 Å². The highest BCUT2D eigenvalue weighted by atomic mass is 32.2. The molecule has 22 heavy (non-hydrogen) atoms. The molecule has 2 rings (SSSR count). The van der Waals surface area contributed by atoms with Crippen LogP contribution >= 0.6 is 11.8 Å². The molecule has 4 heteroatoms. The van der Waals surface area contributed by atoms with Crippen molar-refractivity contribution in [2.75, 3.05) is 18.9 Å². The van der Waals surface area contributed by atoms with E-state index in [0.717, 1.165) is 11.5 Å². The second-order valence-corrected chi connectivity index (χ2v) is 6.30. The van der Waals surface area contributed by atoms with Crippen LogP contribution in [0.1, 0.15) is 6.92 Å². The zero-order valence-electron chi connectivity index (χ0n) is 12.8. The van der Waals surface area contributed by atoms with Crippen LogP contribution < -0.4 is 10.1 Å². The lowest BCUT2D eigenvalue weighted by Gasteiger charge is -2.17. The Labute approximate surface area is 136 Å². The molecule has 0 amide bonds. The molecule has 0 spiro atoms. The summed E-state index contributed by atoms with van der Waals surface area (Å²) in [5.41, 5.74) is 0.